The minimum absolute atomic E-state index is 0.0153. The van der Waals surface area contributed by atoms with Crippen molar-refractivity contribution in [2.75, 3.05) is 19.5 Å². The molecule has 0 radical (unpaired) electrons. The van der Waals surface area contributed by atoms with E-state index in [1.165, 1.54) is 20.3 Å². The zero-order valence-corrected chi connectivity index (χ0v) is 16.6. The molecule has 28 heavy (non-hydrogen) atoms. The number of amides is 1. The van der Waals surface area contributed by atoms with E-state index in [4.69, 9.17) is 18.7 Å². The molecule has 0 aliphatic heterocycles. The minimum atomic E-state index is -0.597. The standard InChI is InChI=1S/C20H24N2O6/c1-10-6-13(10)19(23)21-16-8-18(26-5)17(25-4)7-14(16)20(24)27-9-15-11(2)22-28-12(15)3/h7-8,10,13H,6,9H2,1-5H3,(H,21,23)/t10-,13-/m1/s1. The van der Waals surface area contributed by atoms with Crippen LogP contribution in [0.2, 0.25) is 0 Å². The van der Waals surface area contributed by atoms with E-state index in [0.717, 1.165) is 6.42 Å². The number of methoxy groups -OCH3 is 2. The summed E-state index contributed by atoms with van der Waals surface area (Å²) in [5.41, 5.74) is 1.89. The Labute approximate surface area is 163 Å². The Bertz CT molecular complexity index is 885. The summed E-state index contributed by atoms with van der Waals surface area (Å²) in [4.78, 5) is 25.2. The van der Waals surface area contributed by atoms with E-state index in [1.807, 2.05) is 6.92 Å². The van der Waals surface area contributed by atoms with Gasteiger partial charge >= 0.3 is 5.97 Å². The molecule has 0 unspecified atom stereocenters. The van der Waals surface area contributed by atoms with Gasteiger partial charge in [0.15, 0.2) is 11.5 Å². The maximum Gasteiger partial charge on any atom is 0.340 e. The van der Waals surface area contributed by atoms with Gasteiger partial charge in [-0.05, 0) is 26.2 Å². The van der Waals surface area contributed by atoms with Gasteiger partial charge in [0.05, 0.1) is 36.7 Å². The molecule has 1 N–H and O–H groups in total. The number of hydrogen-bond donors (Lipinski definition) is 1. The van der Waals surface area contributed by atoms with Crippen molar-refractivity contribution in [2.24, 2.45) is 11.8 Å². The Morgan fingerprint density at radius 2 is 1.86 bits per heavy atom. The van der Waals surface area contributed by atoms with Crippen LogP contribution >= 0.6 is 0 Å². The SMILES string of the molecule is COc1cc(NC(=O)[C@@H]2C[C@H]2C)c(C(=O)OCc2c(C)noc2C)cc1OC. The highest BCUT2D eigenvalue weighted by Crippen LogP contribution is 2.40. The Kier molecular flexibility index (Phi) is 5.58. The third-order valence-electron chi connectivity index (χ3n) is 4.98. The Morgan fingerprint density at radius 1 is 1.21 bits per heavy atom. The molecule has 0 spiro atoms. The number of nitrogens with zero attached hydrogens (tertiary/aromatic N) is 1. The third-order valence-corrected chi connectivity index (χ3v) is 4.98. The van der Waals surface area contributed by atoms with Crippen molar-refractivity contribution in [1.29, 1.82) is 0 Å². The molecule has 0 saturated heterocycles. The molecule has 1 aromatic heterocycles. The van der Waals surface area contributed by atoms with Crippen molar-refractivity contribution in [2.45, 2.75) is 33.8 Å². The van der Waals surface area contributed by atoms with E-state index in [9.17, 15) is 9.59 Å². The van der Waals surface area contributed by atoms with Crippen LogP contribution in [0.5, 0.6) is 11.5 Å². The predicted octanol–water partition coefficient (Wildman–Crippen LogP) is 3.26. The first-order chi connectivity index (χ1) is 13.3. The molecule has 2 atom stereocenters. The van der Waals surface area contributed by atoms with Crippen LogP contribution in [0.15, 0.2) is 16.7 Å². The summed E-state index contributed by atoms with van der Waals surface area (Å²) < 4.78 is 21.1. The number of aromatic nitrogens is 1. The van der Waals surface area contributed by atoms with E-state index >= 15 is 0 Å². The number of esters is 1. The highest BCUT2D eigenvalue weighted by atomic mass is 16.5. The lowest BCUT2D eigenvalue weighted by Gasteiger charge is -2.15. The average Bonchev–Trinajstić information content (AvgIpc) is 3.33. The number of carbonyl (C=O) groups excluding carboxylic acids is 2. The van der Waals surface area contributed by atoms with Gasteiger partial charge in [0.25, 0.3) is 0 Å². The molecule has 1 aliphatic carbocycles. The first-order valence-corrected chi connectivity index (χ1v) is 9.01. The fourth-order valence-electron chi connectivity index (χ4n) is 2.99. The molecule has 8 nitrogen and oxygen atoms in total. The molecule has 1 amide bonds. The fraction of sp³-hybridized carbons (Fsp3) is 0.450. The van der Waals surface area contributed by atoms with Crippen LogP contribution in [-0.4, -0.2) is 31.3 Å². The molecule has 1 heterocycles. The number of rotatable bonds is 7. The summed E-state index contributed by atoms with van der Waals surface area (Å²) in [6, 6.07) is 3.07. The number of nitrogens with one attached hydrogen (secondary N) is 1. The molecule has 1 fully saturated rings. The van der Waals surface area contributed by atoms with Gasteiger partial charge in [-0.2, -0.15) is 0 Å². The molecular weight excluding hydrogens is 364 g/mol. The van der Waals surface area contributed by atoms with Crippen molar-refractivity contribution < 1.29 is 28.3 Å². The van der Waals surface area contributed by atoms with Crippen molar-refractivity contribution in [3.63, 3.8) is 0 Å². The van der Waals surface area contributed by atoms with Crippen LogP contribution in [0, 0.1) is 25.7 Å². The summed E-state index contributed by atoms with van der Waals surface area (Å²) in [7, 11) is 2.96. The van der Waals surface area contributed by atoms with Crippen LogP contribution in [0.4, 0.5) is 5.69 Å². The van der Waals surface area contributed by atoms with E-state index in [1.54, 1.807) is 19.9 Å². The van der Waals surface area contributed by atoms with Crippen LogP contribution in [0.3, 0.4) is 0 Å². The maximum atomic E-state index is 12.8. The van der Waals surface area contributed by atoms with Crippen LogP contribution in [0.25, 0.3) is 0 Å². The second kappa shape index (κ2) is 7.92. The van der Waals surface area contributed by atoms with Crippen LogP contribution < -0.4 is 14.8 Å². The maximum absolute atomic E-state index is 12.8. The number of carbonyl (C=O) groups is 2. The summed E-state index contributed by atoms with van der Waals surface area (Å²) in [5, 5.41) is 6.67. The molecule has 3 rings (SSSR count). The quantitative estimate of drug-likeness (QED) is 0.727. The molecule has 1 aromatic carbocycles. The number of anilines is 1. The highest BCUT2D eigenvalue weighted by Gasteiger charge is 2.39. The highest BCUT2D eigenvalue weighted by molar-refractivity contribution is 6.03. The second-order valence-electron chi connectivity index (χ2n) is 6.94. The molecule has 1 aliphatic rings. The lowest BCUT2D eigenvalue weighted by molar-refractivity contribution is -0.117. The summed E-state index contributed by atoms with van der Waals surface area (Å²) in [6.07, 6.45) is 0.838. The normalized spacial score (nSPS) is 17.8. The fourth-order valence-corrected chi connectivity index (χ4v) is 2.99. The Hall–Kier alpha value is -3.03. The zero-order valence-electron chi connectivity index (χ0n) is 16.6. The average molecular weight is 388 g/mol. The van der Waals surface area contributed by atoms with Crippen molar-refractivity contribution >= 4 is 17.6 Å². The van der Waals surface area contributed by atoms with Gasteiger partial charge in [0, 0.05) is 18.1 Å². The van der Waals surface area contributed by atoms with Gasteiger partial charge in [-0.15, -0.1) is 0 Å². The monoisotopic (exact) mass is 388 g/mol. The first kappa shape index (κ1) is 19.7. The van der Waals surface area contributed by atoms with Crippen LogP contribution in [-0.2, 0) is 16.1 Å². The third kappa shape index (κ3) is 3.95. The zero-order chi connectivity index (χ0) is 20.4. The number of hydrogen-bond acceptors (Lipinski definition) is 7. The van der Waals surface area contributed by atoms with Gasteiger partial charge in [0.2, 0.25) is 5.91 Å². The Morgan fingerprint density at radius 3 is 2.39 bits per heavy atom. The topological polar surface area (TPSA) is 99.9 Å². The molecule has 150 valence electrons. The molecule has 8 heteroatoms. The van der Waals surface area contributed by atoms with Crippen molar-refractivity contribution in [3.8, 4) is 11.5 Å². The van der Waals surface area contributed by atoms with Gasteiger partial charge in [0.1, 0.15) is 12.4 Å². The molecule has 1 saturated carbocycles. The second-order valence-corrected chi connectivity index (χ2v) is 6.94. The number of ether oxygens (including phenoxy) is 3. The number of aryl methyl sites for hydroxylation is 2. The van der Waals surface area contributed by atoms with Crippen molar-refractivity contribution in [3.05, 3.63) is 34.7 Å². The first-order valence-electron chi connectivity index (χ1n) is 9.01. The summed E-state index contributed by atoms with van der Waals surface area (Å²) in [5.74, 6) is 0.941. The molecule has 0 bridgehead atoms. The summed E-state index contributed by atoms with van der Waals surface area (Å²) >= 11 is 0. The molecule has 2 aromatic rings. The smallest absolute Gasteiger partial charge is 0.340 e. The van der Waals surface area contributed by atoms with Gasteiger partial charge in [-0.25, -0.2) is 4.79 Å². The van der Waals surface area contributed by atoms with E-state index in [0.29, 0.717) is 40.1 Å². The van der Waals surface area contributed by atoms with Gasteiger partial charge in [-0.3, -0.25) is 4.79 Å². The number of benzene rings is 1. The van der Waals surface area contributed by atoms with E-state index < -0.39 is 5.97 Å². The van der Waals surface area contributed by atoms with Crippen LogP contribution in [0.1, 0.15) is 40.7 Å². The molecular formula is C20H24N2O6. The Balaban J connectivity index is 1.86. The lowest BCUT2D eigenvalue weighted by atomic mass is 10.1. The lowest BCUT2D eigenvalue weighted by Crippen LogP contribution is -2.18. The van der Waals surface area contributed by atoms with E-state index in [-0.39, 0.29) is 24.0 Å². The van der Waals surface area contributed by atoms with Gasteiger partial charge in [-0.1, -0.05) is 12.1 Å². The predicted molar refractivity (Wildman–Crippen MR) is 101 cm³/mol. The van der Waals surface area contributed by atoms with Gasteiger partial charge < -0.3 is 24.1 Å². The van der Waals surface area contributed by atoms with Crippen molar-refractivity contribution in [1.82, 2.24) is 5.16 Å². The van der Waals surface area contributed by atoms with E-state index in [2.05, 4.69) is 10.5 Å². The largest absolute Gasteiger partial charge is 0.493 e. The minimum Gasteiger partial charge on any atom is -0.493 e. The summed E-state index contributed by atoms with van der Waals surface area (Å²) in [6.45, 7) is 5.56.